The highest BCUT2D eigenvalue weighted by molar-refractivity contribution is 7.89. The second-order valence-corrected chi connectivity index (χ2v) is 8.98. The van der Waals surface area contributed by atoms with Crippen molar-refractivity contribution in [3.8, 4) is 17.2 Å². The molecule has 0 aromatic heterocycles. The van der Waals surface area contributed by atoms with Crippen molar-refractivity contribution < 1.29 is 36.2 Å². The molecule has 0 amide bonds. The fourth-order valence-electron chi connectivity index (χ4n) is 3.45. The minimum absolute atomic E-state index is 0.0540. The highest BCUT2D eigenvalue weighted by Crippen LogP contribution is 2.38. The van der Waals surface area contributed by atoms with Crippen molar-refractivity contribution in [1.82, 2.24) is 9.21 Å². The number of phenolic OH excluding ortho intramolecular Hbond substituents is 1. The van der Waals surface area contributed by atoms with E-state index in [9.17, 15) is 26.7 Å². The zero-order valence-corrected chi connectivity index (χ0v) is 16.5. The standard InChI is InChI=1S/C19H19F3N2O5S/c20-19(21,22)14-2-1-3-15(9-14)30(26,27)24-6-4-23(5-7-24)11-13-8-17-18(10-16(13)25)29-12-28-17/h1-3,8-10,25H,4-7,11-12H2. The van der Waals surface area contributed by atoms with Crippen LogP contribution in [0, 0.1) is 0 Å². The summed E-state index contributed by atoms with van der Waals surface area (Å²) >= 11 is 0. The molecule has 2 aliphatic rings. The van der Waals surface area contributed by atoms with Crippen LogP contribution in [0.3, 0.4) is 0 Å². The van der Waals surface area contributed by atoms with Crippen molar-refractivity contribution in [1.29, 1.82) is 0 Å². The monoisotopic (exact) mass is 444 g/mol. The van der Waals surface area contributed by atoms with Crippen molar-refractivity contribution in [2.24, 2.45) is 0 Å². The first kappa shape index (κ1) is 20.8. The molecule has 2 aromatic carbocycles. The number of sulfonamides is 1. The van der Waals surface area contributed by atoms with Crippen LogP contribution in [0.4, 0.5) is 13.2 Å². The minimum Gasteiger partial charge on any atom is -0.507 e. The lowest BCUT2D eigenvalue weighted by Gasteiger charge is -2.34. The van der Waals surface area contributed by atoms with Crippen molar-refractivity contribution in [2.75, 3.05) is 33.0 Å². The van der Waals surface area contributed by atoms with Gasteiger partial charge < -0.3 is 14.6 Å². The van der Waals surface area contributed by atoms with Crippen LogP contribution in [-0.4, -0.2) is 55.7 Å². The Morgan fingerprint density at radius 1 is 1.00 bits per heavy atom. The lowest BCUT2D eigenvalue weighted by molar-refractivity contribution is -0.137. The quantitative estimate of drug-likeness (QED) is 0.781. The molecule has 30 heavy (non-hydrogen) atoms. The summed E-state index contributed by atoms with van der Waals surface area (Å²) in [6, 6.07) is 6.92. The average Bonchev–Trinajstić information content (AvgIpc) is 3.15. The Morgan fingerprint density at radius 3 is 2.33 bits per heavy atom. The predicted octanol–water partition coefficient (Wildman–Crippen LogP) is 2.65. The van der Waals surface area contributed by atoms with Gasteiger partial charge in [0.2, 0.25) is 16.8 Å². The molecule has 2 aliphatic heterocycles. The molecule has 0 atom stereocenters. The van der Waals surface area contributed by atoms with Crippen LogP contribution in [-0.2, 0) is 22.7 Å². The summed E-state index contributed by atoms with van der Waals surface area (Å²) in [6.07, 6.45) is -4.61. The van der Waals surface area contributed by atoms with E-state index in [4.69, 9.17) is 9.47 Å². The Hall–Kier alpha value is -2.50. The van der Waals surface area contributed by atoms with Crippen LogP contribution in [0.25, 0.3) is 0 Å². The molecule has 2 aromatic rings. The van der Waals surface area contributed by atoms with Gasteiger partial charge in [0, 0.05) is 44.4 Å². The highest BCUT2D eigenvalue weighted by Gasteiger charge is 2.34. The van der Waals surface area contributed by atoms with Gasteiger partial charge >= 0.3 is 6.18 Å². The molecule has 1 N–H and O–H groups in total. The molecular weight excluding hydrogens is 425 g/mol. The van der Waals surface area contributed by atoms with Gasteiger partial charge in [-0.3, -0.25) is 4.90 Å². The molecule has 0 unspecified atom stereocenters. The maximum absolute atomic E-state index is 12.9. The van der Waals surface area contributed by atoms with E-state index in [1.807, 2.05) is 4.90 Å². The number of alkyl halides is 3. The molecule has 2 heterocycles. The lowest BCUT2D eigenvalue weighted by Crippen LogP contribution is -2.48. The maximum atomic E-state index is 12.9. The van der Waals surface area contributed by atoms with E-state index in [0.29, 0.717) is 42.8 Å². The topological polar surface area (TPSA) is 79.3 Å². The molecule has 0 radical (unpaired) electrons. The van der Waals surface area contributed by atoms with E-state index >= 15 is 0 Å². The first-order valence-electron chi connectivity index (χ1n) is 9.16. The molecule has 0 bridgehead atoms. The summed E-state index contributed by atoms with van der Waals surface area (Å²) in [5, 5.41) is 10.2. The van der Waals surface area contributed by atoms with Gasteiger partial charge in [0.1, 0.15) is 5.75 Å². The first-order valence-corrected chi connectivity index (χ1v) is 10.6. The minimum atomic E-state index is -4.61. The molecule has 1 fully saturated rings. The summed E-state index contributed by atoms with van der Waals surface area (Å²) in [5.74, 6) is 1.06. The number of halogens is 3. The number of phenols is 1. The number of ether oxygens (including phenoxy) is 2. The second kappa shape index (κ2) is 7.64. The van der Waals surface area contributed by atoms with Crippen LogP contribution in [0.1, 0.15) is 11.1 Å². The third kappa shape index (κ3) is 4.05. The van der Waals surface area contributed by atoms with Gasteiger partial charge in [-0.2, -0.15) is 17.5 Å². The third-order valence-electron chi connectivity index (χ3n) is 5.10. The van der Waals surface area contributed by atoms with Gasteiger partial charge in [-0.1, -0.05) is 6.07 Å². The largest absolute Gasteiger partial charge is 0.507 e. The van der Waals surface area contributed by atoms with Crippen LogP contribution < -0.4 is 9.47 Å². The Morgan fingerprint density at radius 2 is 1.67 bits per heavy atom. The number of aromatic hydroxyl groups is 1. The summed E-state index contributed by atoms with van der Waals surface area (Å²) in [4.78, 5) is 1.58. The van der Waals surface area contributed by atoms with E-state index in [-0.39, 0.29) is 30.5 Å². The zero-order valence-electron chi connectivity index (χ0n) is 15.7. The smallest absolute Gasteiger partial charge is 0.416 e. The lowest BCUT2D eigenvalue weighted by atomic mass is 10.1. The number of nitrogens with zero attached hydrogens (tertiary/aromatic N) is 2. The Kier molecular flexibility index (Phi) is 5.28. The fourth-order valence-corrected chi connectivity index (χ4v) is 4.92. The summed E-state index contributed by atoms with van der Waals surface area (Å²) in [6.45, 7) is 1.45. The maximum Gasteiger partial charge on any atom is 0.416 e. The molecular formula is C19H19F3N2O5S. The molecule has 0 aliphatic carbocycles. The van der Waals surface area contributed by atoms with Gasteiger partial charge in [0.25, 0.3) is 0 Å². The number of hydrogen-bond acceptors (Lipinski definition) is 6. The molecule has 1 saturated heterocycles. The normalized spacial score (nSPS) is 18.0. The van der Waals surface area contributed by atoms with Crippen molar-refractivity contribution in [3.05, 3.63) is 47.5 Å². The number of fused-ring (bicyclic) bond motifs is 1. The van der Waals surface area contributed by atoms with Crippen LogP contribution in [0.5, 0.6) is 17.2 Å². The van der Waals surface area contributed by atoms with E-state index < -0.39 is 21.8 Å². The van der Waals surface area contributed by atoms with Gasteiger partial charge in [0.15, 0.2) is 11.5 Å². The van der Waals surface area contributed by atoms with Crippen molar-refractivity contribution in [2.45, 2.75) is 17.6 Å². The first-order chi connectivity index (χ1) is 14.1. The predicted molar refractivity (Wildman–Crippen MR) is 99.7 cm³/mol. The Labute approximate surface area is 171 Å². The van der Waals surface area contributed by atoms with E-state index in [1.165, 1.54) is 16.4 Å². The van der Waals surface area contributed by atoms with E-state index in [1.54, 1.807) is 6.07 Å². The molecule has 0 spiro atoms. The number of piperazine rings is 1. The van der Waals surface area contributed by atoms with E-state index in [0.717, 1.165) is 12.1 Å². The number of rotatable bonds is 4. The molecule has 162 valence electrons. The number of hydrogen-bond donors (Lipinski definition) is 1. The Balaban J connectivity index is 1.43. The van der Waals surface area contributed by atoms with Crippen LogP contribution in [0.2, 0.25) is 0 Å². The molecule has 4 rings (SSSR count). The molecule has 0 saturated carbocycles. The van der Waals surface area contributed by atoms with Gasteiger partial charge in [-0.05, 0) is 24.3 Å². The summed E-state index contributed by atoms with van der Waals surface area (Å²) in [5.41, 5.74) is -0.381. The van der Waals surface area contributed by atoms with E-state index in [2.05, 4.69) is 0 Å². The van der Waals surface area contributed by atoms with Gasteiger partial charge in [-0.25, -0.2) is 8.42 Å². The molecule has 7 nitrogen and oxygen atoms in total. The summed E-state index contributed by atoms with van der Waals surface area (Å²) in [7, 11) is -4.04. The third-order valence-corrected chi connectivity index (χ3v) is 6.99. The second-order valence-electron chi connectivity index (χ2n) is 7.04. The highest BCUT2D eigenvalue weighted by atomic mass is 32.2. The average molecular weight is 444 g/mol. The SMILES string of the molecule is O=S(=O)(c1cccc(C(F)(F)F)c1)N1CCN(Cc2cc3c(cc2O)OCO3)CC1. The fraction of sp³-hybridized carbons (Fsp3) is 0.368. The van der Waals surface area contributed by atoms with Crippen molar-refractivity contribution >= 4 is 10.0 Å². The van der Waals surface area contributed by atoms with Crippen LogP contribution >= 0.6 is 0 Å². The van der Waals surface area contributed by atoms with Gasteiger partial charge in [-0.15, -0.1) is 0 Å². The van der Waals surface area contributed by atoms with Crippen LogP contribution in [0.15, 0.2) is 41.3 Å². The summed E-state index contributed by atoms with van der Waals surface area (Å²) < 4.78 is 76.0. The molecule has 11 heteroatoms. The number of benzene rings is 2. The zero-order chi connectivity index (χ0) is 21.5. The van der Waals surface area contributed by atoms with Gasteiger partial charge in [0.05, 0.1) is 10.5 Å². The van der Waals surface area contributed by atoms with Crippen molar-refractivity contribution in [3.63, 3.8) is 0 Å². The Bertz CT molecular complexity index is 1050.